The fourth-order valence-corrected chi connectivity index (χ4v) is 2.40. The lowest BCUT2D eigenvalue weighted by Gasteiger charge is -2.22. The third-order valence-electron chi connectivity index (χ3n) is 3.56. The number of nitrogen functional groups attached to an aromatic ring is 1. The number of aromatic nitrogens is 2. The molecule has 1 heterocycles. The highest BCUT2D eigenvalue weighted by Gasteiger charge is 2.09. The van der Waals surface area contributed by atoms with E-state index in [-0.39, 0.29) is 0 Å². The Morgan fingerprint density at radius 2 is 2.05 bits per heavy atom. The lowest BCUT2D eigenvalue weighted by atomic mass is 10.1. The Morgan fingerprint density at radius 1 is 1.25 bits per heavy atom. The average Bonchev–Trinajstić information content (AvgIpc) is 2.84. The van der Waals surface area contributed by atoms with Gasteiger partial charge in [-0.05, 0) is 24.6 Å². The second kappa shape index (κ2) is 7.10. The number of rotatable bonds is 7. The van der Waals surface area contributed by atoms with Crippen molar-refractivity contribution >= 4 is 5.69 Å². The number of para-hydroxylation sites is 1. The Bertz CT molecular complexity index is 533. The predicted molar refractivity (Wildman–Crippen MR) is 83.3 cm³/mol. The van der Waals surface area contributed by atoms with Gasteiger partial charge in [0.25, 0.3) is 0 Å². The SMILES string of the molecule is CCCN(CCc1nccn1C)Cc1ccccc1N. The highest BCUT2D eigenvalue weighted by atomic mass is 15.1. The van der Waals surface area contributed by atoms with Crippen LogP contribution in [-0.2, 0) is 20.0 Å². The summed E-state index contributed by atoms with van der Waals surface area (Å²) in [5, 5.41) is 0. The molecule has 0 bridgehead atoms. The molecule has 0 aliphatic rings. The summed E-state index contributed by atoms with van der Waals surface area (Å²) >= 11 is 0. The minimum atomic E-state index is 0.880. The van der Waals surface area contributed by atoms with E-state index in [4.69, 9.17) is 5.73 Å². The molecule has 2 aromatic rings. The van der Waals surface area contributed by atoms with Crippen molar-refractivity contribution in [3.05, 3.63) is 48.0 Å². The molecule has 1 aromatic carbocycles. The Balaban J connectivity index is 1.97. The smallest absolute Gasteiger partial charge is 0.109 e. The maximum Gasteiger partial charge on any atom is 0.109 e. The summed E-state index contributed by atoms with van der Waals surface area (Å²) < 4.78 is 2.08. The molecule has 0 spiro atoms. The van der Waals surface area contributed by atoms with Gasteiger partial charge in [0.1, 0.15) is 5.82 Å². The molecule has 0 amide bonds. The molecule has 0 unspecified atom stereocenters. The van der Waals surface area contributed by atoms with Crippen molar-refractivity contribution in [3.8, 4) is 0 Å². The molecule has 0 aliphatic heterocycles. The number of hydrogen-bond donors (Lipinski definition) is 1. The van der Waals surface area contributed by atoms with E-state index in [0.29, 0.717) is 0 Å². The van der Waals surface area contributed by atoms with E-state index in [2.05, 4.69) is 33.5 Å². The minimum Gasteiger partial charge on any atom is -0.398 e. The second-order valence-corrected chi connectivity index (χ2v) is 5.18. The Kier molecular flexibility index (Phi) is 5.18. The number of hydrogen-bond acceptors (Lipinski definition) is 3. The normalized spacial score (nSPS) is 11.2. The van der Waals surface area contributed by atoms with Crippen LogP contribution in [0, 0.1) is 0 Å². The van der Waals surface area contributed by atoms with E-state index >= 15 is 0 Å². The van der Waals surface area contributed by atoms with E-state index in [1.165, 1.54) is 5.56 Å². The zero-order chi connectivity index (χ0) is 14.4. The number of benzene rings is 1. The molecule has 0 radical (unpaired) electrons. The largest absolute Gasteiger partial charge is 0.398 e. The number of anilines is 1. The summed E-state index contributed by atoms with van der Waals surface area (Å²) in [7, 11) is 2.04. The molecular formula is C16H24N4. The first-order chi connectivity index (χ1) is 9.70. The maximum atomic E-state index is 6.04. The molecule has 4 nitrogen and oxygen atoms in total. The minimum absolute atomic E-state index is 0.880. The topological polar surface area (TPSA) is 47.1 Å². The van der Waals surface area contributed by atoms with Gasteiger partial charge in [0.05, 0.1) is 0 Å². The summed E-state index contributed by atoms with van der Waals surface area (Å²) in [4.78, 5) is 6.83. The van der Waals surface area contributed by atoms with Gasteiger partial charge in [0.15, 0.2) is 0 Å². The first-order valence-electron chi connectivity index (χ1n) is 7.22. The van der Waals surface area contributed by atoms with Crippen molar-refractivity contribution in [3.63, 3.8) is 0 Å². The summed E-state index contributed by atoms with van der Waals surface area (Å²) in [5.74, 6) is 1.13. The number of nitrogens with two attached hydrogens (primary N) is 1. The van der Waals surface area contributed by atoms with Crippen molar-refractivity contribution in [2.45, 2.75) is 26.3 Å². The van der Waals surface area contributed by atoms with Gasteiger partial charge in [-0.2, -0.15) is 0 Å². The molecule has 0 aliphatic carbocycles. The highest BCUT2D eigenvalue weighted by Crippen LogP contribution is 2.14. The van der Waals surface area contributed by atoms with Gasteiger partial charge in [-0.25, -0.2) is 4.98 Å². The van der Waals surface area contributed by atoms with Crippen molar-refractivity contribution in [1.29, 1.82) is 0 Å². The van der Waals surface area contributed by atoms with E-state index in [0.717, 1.165) is 44.0 Å². The molecule has 0 fully saturated rings. The fraction of sp³-hybridized carbons (Fsp3) is 0.438. The van der Waals surface area contributed by atoms with Crippen molar-refractivity contribution in [2.75, 3.05) is 18.8 Å². The van der Waals surface area contributed by atoms with E-state index in [1.807, 2.05) is 31.6 Å². The van der Waals surface area contributed by atoms with Gasteiger partial charge in [-0.15, -0.1) is 0 Å². The number of aryl methyl sites for hydroxylation is 1. The quantitative estimate of drug-likeness (QED) is 0.788. The summed E-state index contributed by atoms with van der Waals surface area (Å²) in [6, 6.07) is 8.11. The van der Waals surface area contributed by atoms with Crippen LogP contribution in [0.3, 0.4) is 0 Å². The average molecular weight is 272 g/mol. The van der Waals surface area contributed by atoms with Gasteiger partial charge in [-0.3, -0.25) is 4.90 Å². The van der Waals surface area contributed by atoms with Crippen LogP contribution >= 0.6 is 0 Å². The zero-order valence-electron chi connectivity index (χ0n) is 12.4. The number of imidazole rings is 1. The molecular weight excluding hydrogens is 248 g/mol. The zero-order valence-corrected chi connectivity index (χ0v) is 12.4. The molecule has 2 rings (SSSR count). The summed E-state index contributed by atoms with van der Waals surface area (Å²) in [6.07, 6.45) is 5.97. The Labute approximate surface area is 121 Å². The standard InChI is InChI=1S/C16H24N4/c1-3-10-20(11-8-16-18-9-12-19(16)2)13-14-6-4-5-7-15(14)17/h4-7,9,12H,3,8,10-11,13,17H2,1-2H3. The molecule has 0 saturated carbocycles. The Morgan fingerprint density at radius 3 is 2.70 bits per heavy atom. The molecule has 108 valence electrons. The van der Waals surface area contributed by atoms with Gasteiger partial charge in [-0.1, -0.05) is 25.1 Å². The van der Waals surface area contributed by atoms with Crippen molar-refractivity contribution in [2.24, 2.45) is 7.05 Å². The van der Waals surface area contributed by atoms with Gasteiger partial charge in [0.2, 0.25) is 0 Å². The van der Waals surface area contributed by atoms with Crippen LogP contribution in [0.2, 0.25) is 0 Å². The van der Waals surface area contributed by atoms with Crippen LogP contribution in [0.4, 0.5) is 5.69 Å². The van der Waals surface area contributed by atoms with E-state index < -0.39 is 0 Å². The van der Waals surface area contributed by atoms with E-state index in [1.54, 1.807) is 0 Å². The predicted octanol–water partition coefficient (Wildman–Crippen LogP) is 2.46. The third kappa shape index (κ3) is 3.84. The second-order valence-electron chi connectivity index (χ2n) is 5.18. The molecule has 4 heteroatoms. The summed E-state index contributed by atoms with van der Waals surface area (Å²) in [6.45, 7) is 5.21. The van der Waals surface area contributed by atoms with Crippen LogP contribution in [-0.4, -0.2) is 27.5 Å². The Hall–Kier alpha value is -1.81. The first-order valence-corrected chi connectivity index (χ1v) is 7.22. The molecule has 2 N–H and O–H groups in total. The van der Waals surface area contributed by atoms with Crippen molar-refractivity contribution < 1.29 is 0 Å². The van der Waals surface area contributed by atoms with Crippen molar-refractivity contribution in [1.82, 2.24) is 14.5 Å². The molecule has 20 heavy (non-hydrogen) atoms. The van der Waals surface area contributed by atoms with Gasteiger partial charge < -0.3 is 10.3 Å². The van der Waals surface area contributed by atoms with Crippen LogP contribution in [0.15, 0.2) is 36.7 Å². The number of nitrogens with zero attached hydrogens (tertiary/aromatic N) is 3. The lowest BCUT2D eigenvalue weighted by molar-refractivity contribution is 0.267. The van der Waals surface area contributed by atoms with E-state index in [9.17, 15) is 0 Å². The highest BCUT2D eigenvalue weighted by molar-refractivity contribution is 5.46. The first kappa shape index (κ1) is 14.6. The van der Waals surface area contributed by atoms with Crippen LogP contribution in [0.5, 0.6) is 0 Å². The fourth-order valence-electron chi connectivity index (χ4n) is 2.40. The lowest BCUT2D eigenvalue weighted by Crippen LogP contribution is -2.27. The maximum absolute atomic E-state index is 6.04. The molecule has 1 aromatic heterocycles. The third-order valence-corrected chi connectivity index (χ3v) is 3.56. The van der Waals surface area contributed by atoms with Gasteiger partial charge >= 0.3 is 0 Å². The molecule has 0 atom stereocenters. The van der Waals surface area contributed by atoms with Crippen LogP contribution in [0.25, 0.3) is 0 Å². The van der Waals surface area contributed by atoms with Gasteiger partial charge in [0, 0.05) is 44.6 Å². The molecule has 0 saturated heterocycles. The van der Waals surface area contributed by atoms with Crippen LogP contribution < -0.4 is 5.73 Å². The summed E-state index contributed by atoms with van der Waals surface area (Å²) in [5.41, 5.74) is 8.13. The monoisotopic (exact) mass is 272 g/mol. The van der Waals surface area contributed by atoms with Crippen LogP contribution in [0.1, 0.15) is 24.7 Å².